The van der Waals surface area contributed by atoms with Crippen LogP contribution in [0.5, 0.6) is 0 Å². The maximum absolute atomic E-state index is 5.35. The van der Waals surface area contributed by atoms with Crippen LogP contribution in [0.1, 0.15) is 29.8 Å². The van der Waals surface area contributed by atoms with Gasteiger partial charge in [0.15, 0.2) is 17.5 Å². The Morgan fingerprint density at radius 3 is 2.05 bits per heavy atom. The SMILES string of the molecule is C1=C(c2nc(-c3cccc(-c4cccc(-c5ccc6c7ccccc7c7cccc8sc5c6c87)n4)c3)nc(-c3cccc4ccccc34)n2)CCCc2ccccc21. The summed E-state index contributed by atoms with van der Waals surface area (Å²) in [7, 11) is 0. The summed E-state index contributed by atoms with van der Waals surface area (Å²) in [6.45, 7) is 0. The zero-order valence-corrected chi connectivity index (χ0v) is 32.3. The summed E-state index contributed by atoms with van der Waals surface area (Å²) in [6, 6.07) is 58.4. The highest BCUT2D eigenvalue weighted by Crippen LogP contribution is 2.48. The molecule has 0 atom stereocenters. The van der Waals surface area contributed by atoms with Crippen molar-refractivity contribution in [2.75, 3.05) is 0 Å². The Morgan fingerprint density at radius 2 is 1.12 bits per heavy atom. The van der Waals surface area contributed by atoms with Gasteiger partial charge < -0.3 is 0 Å². The van der Waals surface area contributed by atoms with Gasteiger partial charge in [0.25, 0.3) is 0 Å². The van der Waals surface area contributed by atoms with Gasteiger partial charge in [0.05, 0.1) is 11.4 Å². The molecule has 0 saturated heterocycles. The van der Waals surface area contributed by atoms with Crippen molar-refractivity contribution in [1.29, 1.82) is 0 Å². The van der Waals surface area contributed by atoms with Crippen LogP contribution < -0.4 is 0 Å². The summed E-state index contributed by atoms with van der Waals surface area (Å²) < 4.78 is 2.59. The molecule has 0 radical (unpaired) electrons. The van der Waals surface area contributed by atoms with Crippen LogP contribution in [0.2, 0.25) is 0 Å². The fraction of sp³-hybridized carbons (Fsp3) is 0.0566. The Bertz CT molecular complexity index is 3450. The van der Waals surface area contributed by atoms with Crippen LogP contribution in [0, 0.1) is 0 Å². The zero-order valence-electron chi connectivity index (χ0n) is 31.5. The highest BCUT2D eigenvalue weighted by Gasteiger charge is 2.21. The third-order valence-electron chi connectivity index (χ3n) is 11.8. The number of thiophene rings is 1. The van der Waals surface area contributed by atoms with Crippen molar-refractivity contribution in [3.63, 3.8) is 0 Å². The third-order valence-corrected chi connectivity index (χ3v) is 13.0. The Kier molecular flexibility index (Phi) is 7.57. The molecule has 0 N–H and O–H groups in total. The quantitative estimate of drug-likeness (QED) is 0.164. The molecule has 8 aromatic carbocycles. The minimum atomic E-state index is 0.650. The predicted octanol–water partition coefficient (Wildman–Crippen LogP) is 14.1. The Balaban J connectivity index is 0.992. The van der Waals surface area contributed by atoms with E-state index in [0.717, 1.165) is 75.1 Å². The lowest BCUT2D eigenvalue weighted by Crippen LogP contribution is -2.03. The largest absolute Gasteiger partial charge is 0.248 e. The van der Waals surface area contributed by atoms with Gasteiger partial charge in [-0.15, -0.1) is 11.3 Å². The molecule has 0 bridgehead atoms. The van der Waals surface area contributed by atoms with Crippen LogP contribution >= 0.6 is 11.3 Å². The van der Waals surface area contributed by atoms with Crippen molar-refractivity contribution in [1.82, 2.24) is 19.9 Å². The molecule has 0 amide bonds. The fourth-order valence-corrected chi connectivity index (χ4v) is 10.4. The second-order valence-corrected chi connectivity index (χ2v) is 16.3. The van der Waals surface area contributed by atoms with E-state index in [2.05, 4.69) is 170 Å². The van der Waals surface area contributed by atoms with E-state index in [4.69, 9.17) is 19.9 Å². The molecule has 1 aliphatic rings. The average Bonchev–Trinajstić information content (AvgIpc) is 3.55. The maximum Gasteiger partial charge on any atom is 0.164 e. The van der Waals surface area contributed by atoms with Gasteiger partial charge in [-0.3, -0.25) is 0 Å². The number of hydrogen-bond acceptors (Lipinski definition) is 5. The first-order valence-corrected chi connectivity index (χ1v) is 20.7. The van der Waals surface area contributed by atoms with E-state index in [0.29, 0.717) is 11.6 Å². The highest BCUT2D eigenvalue weighted by atomic mass is 32.1. The lowest BCUT2D eigenvalue weighted by molar-refractivity contribution is 0.851. The highest BCUT2D eigenvalue weighted by molar-refractivity contribution is 7.26. The third kappa shape index (κ3) is 5.35. The van der Waals surface area contributed by atoms with Gasteiger partial charge in [0.1, 0.15) is 0 Å². The minimum Gasteiger partial charge on any atom is -0.248 e. The van der Waals surface area contributed by atoms with E-state index in [9.17, 15) is 0 Å². The molecule has 3 heterocycles. The van der Waals surface area contributed by atoms with Gasteiger partial charge in [-0.25, -0.2) is 19.9 Å². The number of aromatic nitrogens is 4. The van der Waals surface area contributed by atoms with Crippen LogP contribution in [-0.2, 0) is 6.42 Å². The van der Waals surface area contributed by atoms with Crippen molar-refractivity contribution in [2.45, 2.75) is 19.3 Å². The summed E-state index contributed by atoms with van der Waals surface area (Å²) in [5.41, 5.74) is 9.69. The Morgan fingerprint density at radius 1 is 0.431 bits per heavy atom. The van der Waals surface area contributed by atoms with Gasteiger partial charge >= 0.3 is 0 Å². The van der Waals surface area contributed by atoms with E-state index in [1.165, 1.54) is 52.8 Å². The predicted molar refractivity (Wildman–Crippen MR) is 243 cm³/mol. The Hall–Kier alpha value is -7.08. The van der Waals surface area contributed by atoms with Crippen molar-refractivity contribution in [3.05, 3.63) is 181 Å². The first kappa shape index (κ1) is 33.1. The second-order valence-electron chi connectivity index (χ2n) is 15.2. The summed E-state index contributed by atoms with van der Waals surface area (Å²) in [5, 5.41) is 10.2. The number of benzene rings is 8. The van der Waals surface area contributed by atoms with Crippen LogP contribution in [0.15, 0.2) is 164 Å². The number of allylic oxidation sites excluding steroid dienone is 1. The van der Waals surface area contributed by atoms with Crippen molar-refractivity contribution in [2.24, 2.45) is 0 Å². The van der Waals surface area contributed by atoms with Gasteiger partial charge in [-0.1, -0.05) is 140 Å². The first-order valence-electron chi connectivity index (χ1n) is 19.9. The number of aryl methyl sites for hydroxylation is 1. The molecule has 5 heteroatoms. The molecule has 3 aromatic heterocycles. The molecule has 1 aliphatic carbocycles. The second kappa shape index (κ2) is 13.3. The monoisotopic (exact) mass is 758 g/mol. The van der Waals surface area contributed by atoms with Crippen molar-refractivity contribution in [3.8, 4) is 45.3 Å². The van der Waals surface area contributed by atoms with E-state index in [-0.39, 0.29) is 0 Å². The molecule has 58 heavy (non-hydrogen) atoms. The average molecular weight is 759 g/mol. The molecule has 0 spiro atoms. The lowest BCUT2D eigenvalue weighted by Gasteiger charge is -2.13. The fourth-order valence-electron chi connectivity index (χ4n) is 9.09. The van der Waals surface area contributed by atoms with E-state index < -0.39 is 0 Å². The van der Waals surface area contributed by atoms with Crippen LogP contribution in [0.3, 0.4) is 0 Å². The number of hydrogen-bond donors (Lipinski definition) is 0. The van der Waals surface area contributed by atoms with E-state index in [1.807, 2.05) is 11.3 Å². The van der Waals surface area contributed by atoms with Crippen LogP contribution in [-0.4, -0.2) is 19.9 Å². The summed E-state index contributed by atoms with van der Waals surface area (Å²) in [4.78, 5) is 21.0. The summed E-state index contributed by atoms with van der Waals surface area (Å²) >= 11 is 1.87. The molecular formula is C53H34N4S. The summed E-state index contributed by atoms with van der Waals surface area (Å²) in [6.07, 6.45) is 5.25. The van der Waals surface area contributed by atoms with E-state index in [1.54, 1.807) is 0 Å². The molecule has 0 unspecified atom stereocenters. The maximum atomic E-state index is 5.35. The first-order chi connectivity index (χ1) is 28.7. The molecule has 0 aliphatic heterocycles. The standard InChI is InChI=1S/C53H34N4S/c1-2-14-34-30-36(18-7-15-32(34)12-1)51-55-52(57-53(56-51)43-24-9-16-33-13-3-4-20-38(33)43)37-19-8-17-35(31-37)45-25-11-26-46(54-45)44-29-28-42-40-22-6-5-21-39(40)41-23-10-27-47-48(41)49(42)50(44)58-47/h1-6,8-14,16-17,19-31H,7,15,18H2. The van der Waals surface area contributed by atoms with Crippen LogP contribution in [0.25, 0.3) is 109 Å². The van der Waals surface area contributed by atoms with Crippen LogP contribution in [0.4, 0.5) is 0 Å². The molecule has 272 valence electrons. The number of nitrogens with zero attached hydrogens (tertiary/aromatic N) is 4. The van der Waals surface area contributed by atoms with Gasteiger partial charge in [-0.2, -0.15) is 0 Å². The number of fused-ring (bicyclic) bond motifs is 5. The summed E-state index contributed by atoms with van der Waals surface area (Å²) in [5.74, 6) is 2.05. The molecule has 4 nitrogen and oxygen atoms in total. The smallest absolute Gasteiger partial charge is 0.164 e. The number of pyridine rings is 1. The molecule has 12 rings (SSSR count). The zero-order chi connectivity index (χ0) is 38.2. The number of rotatable bonds is 5. The van der Waals surface area contributed by atoms with Gasteiger partial charge in [0, 0.05) is 42.4 Å². The van der Waals surface area contributed by atoms with Crippen molar-refractivity contribution >= 4 is 75.5 Å². The minimum absolute atomic E-state index is 0.650. The lowest BCUT2D eigenvalue weighted by atomic mass is 9.93. The molecular weight excluding hydrogens is 725 g/mol. The van der Waals surface area contributed by atoms with Gasteiger partial charge in [-0.05, 0) is 98.6 Å². The normalized spacial score (nSPS) is 13.1. The molecule has 0 saturated carbocycles. The van der Waals surface area contributed by atoms with Crippen molar-refractivity contribution < 1.29 is 0 Å². The molecule has 0 fully saturated rings. The topological polar surface area (TPSA) is 51.6 Å². The Labute approximate surface area is 339 Å². The van der Waals surface area contributed by atoms with E-state index >= 15 is 0 Å². The van der Waals surface area contributed by atoms with Gasteiger partial charge in [0.2, 0.25) is 0 Å². The molecule has 11 aromatic rings.